The van der Waals surface area contributed by atoms with Crippen LogP contribution in [0.3, 0.4) is 0 Å². The largest absolute Gasteiger partial charge is 0.482 e. The number of ether oxygens (including phenoxy) is 1. The molecule has 2 amide bonds. The van der Waals surface area contributed by atoms with E-state index in [1.165, 1.54) is 47.5 Å². The number of pyridine rings is 1. The maximum Gasteiger partial charge on any atom is 0.422 e. The number of rotatable bonds is 6. The van der Waals surface area contributed by atoms with Crippen molar-refractivity contribution in [3.63, 3.8) is 0 Å². The third-order valence-corrected chi connectivity index (χ3v) is 5.96. The molecular formula is C24H17Cl2F4N3O4. The highest BCUT2D eigenvalue weighted by molar-refractivity contribution is 6.34. The lowest BCUT2D eigenvalue weighted by atomic mass is 10.0. The van der Waals surface area contributed by atoms with Crippen LogP contribution in [0.2, 0.25) is 10.0 Å². The smallest absolute Gasteiger partial charge is 0.422 e. The fourth-order valence-corrected chi connectivity index (χ4v) is 3.99. The summed E-state index contributed by atoms with van der Waals surface area (Å²) in [5, 5.41) is 11.7. The van der Waals surface area contributed by atoms with Crippen LogP contribution in [0.15, 0.2) is 48.7 Å². The molecule has 2 aromatic carbocycles. The Bertz CT molecular complexity index is 1340. The number of amides is 2. The van der Waals surface area contributed by atoms with Crippen LogP contribution in [0, 0.1) is 5.82 Å². The molecule has 0 unspecified atom stereocenters. The summed E-state index contributed by atoms with van der Waals surface area (Å²) in [6, 6.07) is 8.80. The summed E-state index contributed by atoms with van der Waals surface area (Å²) in [4.78, 5) is 30.6. The van der Waals surface area contributed by atoms with Gasteiger partial charge in [0.05, 0.1) is 27.4 Å². The van der Waals surface area contributed by atoms with Gasteiger partial charge in [-0.15, -0.1) is 0 Å². The van der Waals surface area contributed by atoms with Gasteiger partial charge in [0.1, 0.15) is 17.3 Å². The standard InChI is InChI=1S/C24H17Cl2F4N3O4/c25-15-2-1-3-17(27)21(15)22(35)32-18-5-4-12(6-20(18)37-11-24(28,29)30)14-7-19(31-8-16(14)26)23(36)33-9-13(34)10-33/h1-8,13,34H,9-11H2,(H,32,35). The van der Waals surface area contributed by atoms with Crippen LogP contribution in [0.1, 0.15) is 20.8 Å². The van der Waals surface area contributed by atoms with Crippen LogP contribution in [-0.4, -0.2) is 58.8 Å². The average molecular weight is 558 g/mol. The number of hydrogen-bond acceptors (Lipinski definition) is 5. The molecule has 7 nitrogen and oxygen atoms in total. The third kappa shape index (κ3) is 6.12. The zero-order valence-electron chi connectivity index (χ0n) is 18.7. The van der Waals surface area contributed by atoms with Crippen molar-refractivity contribution in [3.05, 3.63) is 75.8 Å². The van der Waals surface area contributed by atoms with E-state index < -0.39 is 42.1 Å². The molecule has 2 heterocycles. The molecule has 3 aromatic rings. The van der Waals surface area contributed by atoms with Crippen molar-refractivity contribution < 1.29 is 37.0 Å². The molecule has 1 aliphatic heterocycles. The van der Waals surface area contributed by atoms with E-state index in [4.69, 9.17) is 27.9 Å². The van der Waals surface area contributed by atoms with Crippen molar-refractivity contribution in [2.45, 2.75) is 12.3 Å². The fourth-order valence-electron chi connectivity index (χ4n) is 3.53. The molecule has 194 valence electrons. The second-order valence-electron chi connectivity index (χ2n) is 8.08. The Hall–Kier alpha value is -3.41. The molecule has 0 saturated carbocycles. The summed E-state index contributed by atoms with van der Waals surface area (Å²) in [7, 11) is 0. The summed E-state index contributed by atoms with van der Waals surface area (Å²) in [5.41, 5.74) is -0.160. The molecule has 0 bridgehead atoms. The van der Waals surface area contributed by atoms with Crippen molar-refractivity contribution >= 4 is 40.7 Å². The first-order valence-electron chi connectivity index (χ1n) is 10.6. The van der Waals surface area contributed by atoms with E-state index >= 15 is 0 Å². The Morgan fingerprint density at radius 3 is 2.51 bits per heavy atom. The molecule has 0 aliphatic carbocycles. The highest BCUT2D eigenvalue weighted by Gasteiger charge is 2.31. The van der Waals surface area contributed by atoms with Crippen LogP contribution in [0.25, 0.3) is 11.1 Å². The second kappa shape index (κ2) is 10.5. The summed E-state index contributed by atoms with van der Waals surface area (Å²) in [5.74, 6) is -2.76. The van der Waals surface area contributed by atoms with E-state index in [1.54, 1.807) is 0 Å². The zero-order valence-corrected chi connectivity index (χ0v) is 20.2. The van der Waals surface area contributed by atoms with E-state index in [-0.39, 0.29) is 51.4 Å². The number of halogens is 6. The van der Waals surface area contributed by atoms with Crippen LogP contribution in [0.4, 0.5) is 23.2 Å². The molecule has 0 radical (unpaired) electrons. The van der Waals surface area contributed by atoms with Crippen molar-refractivity contribution in [3.8, 4) is 16.9 Å². The fraction of sp³-hybridized carbons (Fsp3) is 0.208. The van der Waals surface area contributed by atoms with Crippen molar-refractivity contribution in [2.24, 2.45) is 0 Å². The number of likely N-dealkylation sites (tertiary alicyclic amines) is 1. The van der Waals surface area contributed by atoms with Crippen LogP contribution in [0.5, 0.6) is 5.75 Å². The topological polar surface area (TPSA) is 91.8 Å². The van der Waals surface area contributed by atoms with Gasteiger partial charge in [-0.3, -0.25) is 9.59 Å². The van der Waals surface area contributed by atoms with E-state index in [0.29, 0.717) is 0 Å². The Morgan fingerprint density at radius 1 is 1.14 bits per heavy atom. The summed E-state index contributed by atoms with van der Waals surface area (Å²) >= 11 is 12.2. The monoisotopic (exact) mass is 557 g/mol. The number of β-amino-alcohol motifs (C(OH)–C–C–N with tert-alkyl or cyclic N) is 1. The van der Waals surface area contributed by atoms with Crippen molar-refractivity contribution in [1.82, 2.24) is 9.88 Å². The molecule has 1 fully saturated rings. The number of aromatic nitrogens is 1. The first kappa shape index (κ1) is 26.6. The minimum absolute atomic E-state index is 0.00985. The van der Waals surface area contributed by atoms with Gasteiger partial charge in [0.15, 0.2) is 6.61 Å². The average Bonchev–Trinajstić information content (AvgIpc) is 2.81. The Kier molecular flexibility index (Phi) is 7.58. The van der Waals surface area contributed by atoms with E-state index in [1.807, 2.05) is 0 Å². The van der Waals surface area contributed by atoms with Crippen molar-refractivity contribution in [2.75, 3.05) is 25.0 Å². The number of aliphatic hydroxyl groups excluding tert-OH is 1. The zero-order chi connectivity index (χ0) is 26.9. The highest BCUT2D eigenvalue weighted by atomic mass is 35.5. The number of nitrogens with zero attached hydrogens (tertiary/aromatic N) is 2. The first-order valence-corrected chi connectivity index (χ1v) is 11.4. The summed E-state index contributed by atoms with van der Waals surface area (Å²) in [6.07, 6.45) is -4.10. The predicted octanol–water partition coefficient (Wildman–Crippen LogP) is 5.20. The molecule has 1 aromatic heterocycles. The second-order valence-corrected chi connectivity index (χ2v) is 8.89. The van der Waals surface area contributed by atoms with Gasteiger partial charge in [-0.25, -0.2) is 9.37 Å². The number of benzene rings is 2. The molecule has 1 aliphatic rings. The SMILES string of the molecule is O=C(Nc1ccc(-c2cc(C(=O)N3CC(O)C3)ncc2Cl)cc1OCC(F)(F)F)c1c(F)cccc1Cl. The van der Waals surface area contributed by atoms with Gasteiger partial charge in [0, 0.05) is 24.8 Å². The van der Waals surface area contributed by atoms with Gasteiger partial charge in [-0.05, 0) is 35.9 Å². The number of nitrogens with one attached hydrogen (secondary N) is 1. The van der Waals surface area contributed by atoms with Gasteiger partial charge in [-0.1, -0.05) is 35.3 Å². The summed E-state index contributed by atoms with van der Waals surface area (Å²) in [6.45, 7) is -1.38. The lowest BCUT2D eigenvalue weighted by Gasteiger charge is -2.35. The molecule has 0 atom stereocenters. The first-order chi connectivity index (χ1) is 17.4. The number of carbonyl (C=O) groups is 2. The van der Waals surface area contributed by atoms with Crippen LogP contribution in [-0.2, 0) is 0 Å². The van der Waals surface area contributed by atoms with Crippen molar-refractivity contribution in [1.29, 1.82) is 0 Å². The maximum atomic E-state index is 14.2. The Balaban J connectivity index is 1.68. The quantitative estimate of drug-likeness (QED) is 0.406. The minimum atomic E-state index is -4.69. The number of aliphatic hydroxyl groups is 1. The molecule has 13 heteroatoms. The van der Waals surface area contributed by atoms with E-state index in [0.717, 1.165) is 6.07 Å². The van der Waals surface area contributed by atoms with Gasteiger partial charge in [0.25, 0.3) is 11.8 Å². The van der Waals surface area contributed by atoms with Gasteiger partial charge in [0.2, 0.25) is 0 Å². The number of carbonyl (C=O) groups excluding carboxylic acids is 2. The molecule has 1 saturated heterocycles. The number of anilines is 1. The lowest BCUT2D eigenvalue weighted by Crippen LogP contribution is -2.53. The number of alkyl halides is 3. The minimum Gasteiger partial charge on any atom is -0.482 e. The van der Waals surface area contributed by atoms with Gasteiger partial charge < -0.3 is 20.1 Å². The lowest BCUT2D eigenvalue weighted by molar-refractivity contribution is -0.153. The van der Waals surface area contributed by atoms with Crippen LogP contribution >= 0.6 is 23.2 Å². The Labute approximate surface area is 217 Å². The molecule has 4 rings (SSSR count). The highest BCUT2D eigenvalue weighted by Crippen LogP contribution is 2.36. The maximum absolute atomic E-state index is 14.2. The Morgan fingerprint density at radius 2 is 1.86 bits per heavy atom. The normalized spacial score (nSPS) is 13.8. The third-order valence-electron chi connectivity index (χ3n) is 5.35. The van der Waals surface area contributed by atoms with Gasteiger partial charge >= 0.3 is 6.18 Å². The van der Waals surface area contributed by atoms with Crippen LogP contribution < -0.4 is 10.1 Å². The molecule has 37 heavy (non-hydrogen) atoms. The molecule has 2 N–H and O–H groups in total. The summed E-state index contributed by atoms with van der Waals surface area (Å²) < 4.78 is 57.8. The molecule has 0 spiro atoms. The number of hydrogen-bond donors (Lipinski definition) is 2. The van der Waals surface area contributed by atoms with E-state index in [2.05, 4.69) is 10.3 Å². The van der Waals surface area contributed by atoms with E-state index in [9.17, 15) is 32.3 Å². The predicted molar refractivity (Wildman–Crippen MR) is 128 cm³/mol. The van der Waals surface area contributed by atoms with Gasteiger partial charge in [-0.2, -0.15) is 13.2 Å². The molecular weight excluding hydrogens is 541 g/mol.